The molecule has 174 valence electrons. The van der Waals surface area contributed by atoms with E-state index in [1.807, 2.05) is 31.3 Å². The fraction of sp³-hybridized carbons (Fsp3) is 0.280. The largest absolute Gasteiger partial charge is 0.469 e. The Balaban J connectivity index is 1.76. The molecule has 0 aliphatic rings. The Hall–Kier alpha value is -2.74. The highest BCUT2D eigenvalue weighted by molar-refractivity contribution is 7.89. The number of carbonyl (C=O) groups is 1. The Morgan fingerprint density at radius 1 is 1.06 bits per heavy atom. The van der Waals surface area contributed by atoms with Crippen molar-refractivity contribution in [2.45, 2.75) is 31.1 Å². The molecule has 0 amide bonds. The van der Waals surface area contributed by atoms with E-state index in [-0.39, 0.29) is 23.3 Å². The molecule has 1 unspecified atom stereocenters. The zero-order chi connectivity index (χ0) is 23.8. The summed E-state index contributed by atoms with van der Waals surface area (Å²) < 4.78 is 32.6. The van der Waals surface area contributed by atoms with Crippen LogP contribution in [0.4, 0.5) is 0 Å². The van der Waals surface area contributed by atoms with E-state index in [4.69, 9.17) is 16.3 Å². The smallest absolute Gasteiger partial charge is 0.308 e. The van der Waals surface area contributed by atoms with Gasteiger partial charge in [0.15, 0.2) is 0 Å². The number of rotatable bonds is 10. The van der Waals surface area contributed by atoms with E-state index >= 15 is 0 Å². The summed E-state index contributed by atoms with van der Waals surface area (Å²) in [4.78, 5) is 16.2. The summed E-state index contributed by atoms with van der Waals surface area (Å²) in [6.07, 6.45) is 5.29. The molecule has 0 fully saturated rings. The lowest BCUT2D eigenvalue weighted by Gasteiger charge is -2.14. The molecule has 8 heteroatoms. The number of nitrogens with one attached hydrogen (secondary N) is 1. The summed E-state index contributed by atoms with van der Waals surface area (Å²) in [5.41, 5.74) is 4.14. The molecular formula is C25H27ClN2O4S. The normalized spacial score (nSPS) is 12.3. The number of pyridine rings is 1. The highest BCUT2D eigenvalue weighted by Crippen LogP contribution is 2.19. The van der Waals surface area contributed by atoms with Crippen LogP contribution < -0.4 is 4.72 Å². The number of benzene rings is 2. The van der Waals surface area contributed by atoms with E-state index in [0.29, 0.717) is 24.3 Å². The van der Waals surface area contributed by atoms with Gasteiger partial charge >= 0.3 is 5.97 Å². The van der Waals surface area contributed by atoms with Gasteiger partial charge in [0.1, 0.15) is 0 Å². The maximum Gasteiger partial charge on any atom is 0.308 e. The van der Waals surface area contributed by atoms with Gasteiger partial charge < -0.3 is 4.74 Å². The number of hydrogen-bond donors (Lipinski definition) is 1. The lowest BCUT2D eigenvalue weighted by Crippen LogP contribution is -2.26. The van der Waals surface area contributed by atoms with Gasteiger partial charge in [-0.3, -0.25) is 9.78 Å². The van der Waals surface area contributed by atoms with Crippen molar-refractivity contribution in [3.8, 4) is 0 Å². The van der Waals surface area contributed by atoms with Crippen LogP contribution in [-0.4, -0.2) is 33.0 Å². The Bertz CT molecular complexity index is 1180. The van der Waals surface area contributed by atoms with Gasteiger partial charge in [0.2, 0.25) is 10.0 Å². The van der Waals surface area contributed by atoms with Crippen molar-refractivity contribution in [3.05, 3.63) is 94.3 Å². The average molecular weight is 487 g/mol. The molecule has 1 atom stereocenters. The summed E-state index contributed by atoms with van der Waals surface area (Å²) in [7, 11) is -2.24. The fourth-order valence-electron chi connectivity index (χ4n) is 3.61. The maximum absolute atomic E-state index is 12.5. The van der Waals surface area contributed by atoms with Crippen LogP contribution in [0.3, 0.4) is 0 Å². The van der Waals surface area contributed by atoms with E-state index in [2.05, 4.69) is 21.8 Å². The molecule has 33 heavy (non-hydrogen) atoms. The first-order chi connectivity index (χ1) is 15.8. The third-order valence-corrected chi connectivity index (χ3v) is 6.95. The summed E-state index contributed by atoms with van der Waals surface area (Å²) in [5.74, 6) is -0.537. The number of hydrogen-bond acceptors (Lipinski definition) is 5. The van der Waals surface area contributed by atoms with Crippen LogP contribution in [-0.2, 0) is 38.8 Å². The van der Waals surface area contributed by atoms with Gasteiger partial charge in [-0.05, 0) is 71.8 Å². The van der Waals surface area contributed by atoms with Crippen molar-refractivity contribution in [1.29, 1.82) is 0 Å². The van der Waals surface area contributed by atoms with Crippen molar-refractivity contribution in [1.82, 2.24) is 9.71 Å². The van der Waals surface area contributed by atoms with Crippen LogP contribution in [0, 0.1) is 5.92 Å². The fourth-order valence-corrected chi connectivity index (χ4v) is 4.76. The highest BCUT2D eigenvalue weighted by Gasteiger charge is 2.16. The summed E-state index contributed by atoms with van der Waals surface area (Å²) in [5, 5.41) is 0.480. The number of sulfonamides is 1. The molecule has 0 spiro atoms. The first-order valence-corrected chi connectivity index (χ1v) is 12.5. The van der Waals surface area contributed by atoms with Crippen molar-refractivity contribution >= 4 is 27.6 Å². The molecule has 3 rings (SSSR count). The Morgan fingerprint density at radius 3 is 2.42 bits per heavy atom. The number of methoxy groups -OCH3 is 1. The summed E-state index contributed by atoms with van der Waals surface area (Å²) >= 11 is 5.85. The molecule has 3 aromatic rings. The topological polar surface area (TPSA) is 85.4 Å². The molecule has 0 radical (unpaired) electrons. The number of nitrogens with zero attached hydrogens (tertiary/aromatic N) is 1. The van der Waals surface area contributed by atoms with E-state index in [9.17, 15) is 13.2 Å². The van der Waals surface area contributed by atoms with Crippen LogP contribution in [0.25, 0.3) is 0 Å². The maximum atomic E-state index is 12.5. The second kappa shape index (κ2) is 11.4. The van der Waals surface area contributed by atoms with E-state index in [1.165, 1.54) is 19.2 Å². The van der Waals surface area contributed by atoms with Gasteiger partial charge in [0, 0.05) is 24.0 Å². The third-order valence-electron chi connectivity index (χ3n) is 5.22. The third kappa shape index (κ3) is 7.39. The van der Waals surface area contributed by atoms with Gasteiger partial charge in [0.25, 0.3) is 0 Å². The molecule has 0 bridgehead atoms. The molecule has 0 saturated carbocycles. The van der Waals surface area contributed by atoms with Crippen molar-refractivity contribution in [2.75, 3.05) is 13.7 Å². The van der Waals surface area contributed by atoms with Crippen LogP contribution in [0.1, 0.15) is 29.2 Å². The molecule has 1 heterocycles. The quantitative estimate of drug-likeness (QED) is 0.434. The van der Waals surface area contributed by atoms with Crippen LogP contribution in [0.15, 0.2) is 71.9 Å². The number of ether oxygens (including phenoxy) is 1. The standard InChI is InChI=1S/C25H27ClN2O4S/c1-18(25(29)32-2)12-21-13-19(14-22(16-21)15-20-4-3-10-27-17-20)9-11-28-33(30,31)24-7-5-23(26)6-8-24/h3-8,10,13-14,16-18,28H,9,11-12,15H2,1-2H3. The van der Waals surface area contributed by atoms with Gasteiger partial charge in [-0.1, -0.05) is 42.8 Å². The van der Waals surface area contributed by atoms with Gasteiger partial charge in [-0.25, -0.2) is 13.1 Å². The van der Waals surface area contributed by atoms with E-state index in [0.717, 1.165) is 22.3 Å². The predicted molar refractivity (Wildman–Crippen MR) is 129 cm³/mol. The Labute approximate surface area is 200 Å². The zero-order valence-electron chi connectivity index (χ0n) is 18.6. The molecule has 0 aliphatic carbocycles. The van der Waals surface area contributed by atoms with Crippen molar-refractivity contribution in [3.63, 3.8) is 0 Å². The molecule has 0 aliphatic heterocycles. The molecule has 1 aromatic heterocycles. The Kier molecular flexibility index (Phi) is 8.61. The Morgan fingerprint density at radius 2 is 1.76 bits per heavy atom. The minimum absolute atomic E-state index is 0.171. The van der Waals surface area contributed by atoms with E-state index in [1.54, 1.807) is 18.3 Å². The number of aromatic nitrogens is 1. The average Bonchev–Trinajstić information content (AvgIpc) is 2.79. The minimum Gasteiger partial charge on any atom is -0.469 e. The second-order valence-electron chi connectivity index (χ2n) is 7.93. The van der Waals surface area contributed by atoms with Crippen LogP contribution in [0.5, 0.6) is 0 Å². The van der Waals surface area contributed by atoms with Gasteiger partial charge in [-0.2, -0.15) is 0 Å². The highest BCUT2D eigenvalue weighted by atomic mass is 35.5. The zero-order valence-corrected chi connectivity index (χ0v) is 20.2. The minimum atomic E-state index is -3.63. The van der Waals surface area contributed by atoms with Gasteiger partial charge in [-0.15, -0.1) is 0 Å². The molecule has 2 aromatic carbocycles. The van der Waals surface area contributed by atoms with E-state index < -0.39 is 10.0 Å². The molecule has 6 nitrogen and oxygen atoms in total. The number of esters is 1. The lowest BCUT2D eigenvalue weighted by atomic mass is 9.94. The molecule has 0 saturated heterocycles. The SMILES string of the molecule is COC(=O)C(C)Cc1cc(CCNS(=O)(=O)c2ccc(Cl)cc2)cc(Cc2cccnc2)c1. The monoisotopic (exact) mass is 486 g/mol. The van der Waals surface area contributed by atoms with Crippen LogP contribution >= 0.6 is 11.6 Å². The number of carbonyl (C=O) groups excluding carboxylic acids is 1. The second-order valence-corrected chi connectivity index (χ2v) is 10.1. The first-order valence-electron chi connectivity index (χ1n) is 10.6. The summed E-state index contributed by atoms with van der Waals surface area (Å²) in [6.45, 7) is 2.08. The predicted octanol–water partition coefficient (Wildman–Crippen LogP) is 4.20. The first kappa shape index (κ1) is 24.9. The van der Waals surface area contributed by atoms with Crippen molar-refractivity contribution in [2.24, 2.45) is 5.92 Å². The number of halogens is 1. The lowest BCUT2D eigenvalue weighted by molar-refractivity contribution is -0.144. The molecular weight excluding hydrogens is 460 g/mol. The van der Waals surface area contributed by atoms with Gasteiger partial charge in [0.05, 0.1) is 17.9 Å². The molecule has 1 N–H and O–H groups in total. The van der Waals surface area contributed by atoms with Crippen molar-refractivity contribution < 1.29 is 17.9 Å². The van der Waals surface area contributed by atoms with Crippen LogP contribution in [0.2, 0.25) is 5.02 Å². The summed E-state index contributed by atoms with van der Waals surface area (Å²) in [6, 6.07) is 16.1.